The highest BCUT2D eigenvalue weighted by Gasteiger charge is 2.15. The maximum atomic E-state index is 4.86. The molecule has 0 aliphatic carbocycles. The molecule has 2 heterocycles. The van der Waals surface area contributed by atoms with Crippen LogP contribution in [-0.2, 0) is 12.8 Å². The average Bonchev–Trinajstić information content (AvgIpc) is 2.82. The van der Waals surface area contributed by atoms with E-state index in [-0.39, 0.29) is 0 Å². The Morgan fingerprint density at radius 2 is 2.33 bits per heavy atom. The average molecular weight is 260 g/mol. The van der Waals surface area contributed by atoms with Crippen molar-refractivity contribution in [3.8, 4) is 0 Å². The van der Waals surface area contributed by atoms with Gasteiger partial charge in [-0.2, -0.15) is 0 Å². The van der Waals surface area contributed by atoms with Crippen molar-refractivity contribution in [2.45, 2.75) is 45.1 Å². The predicted octanol–water partition coefficient (Wildman–Crippen LogP) is 3.54. The fourth-order valence-corrected chi connectivity index (χ4v) is 3.83. The molecule has 2 aromatic rings. The number of hydrogen-bond acceptors (Lipinski definition) is 3. The summed E-state index contributed by atoms with van der Waals surface area (Å²) in [7, 11) is 0. The number of piperidine rings is 1. The molecule has 2 nitrogen and oxygen atoms in total. The van der Waals surface area contributed by atoms with E-state index in [1.165, 1.54) is 46.6 Å². The van der Waals surface area contributed by atoms with Crippen LogP contribution in [0.5, 0.6) is 0 Å². The fourth-order valence-electron chi connectivity index (χ4n) is 2.73. The van der Waals surface area contributed by atoms with Crippen LogP contribution in [0.4, 0.5) is 0 Å². The topological polar surface area (TPSA) is 24.9 Å². The molecule has 1 aliphatic rings. The van der Waals surface area contributed by atoms with Crippen molar-refractivity contribution in [3.05, 3.63) is 28.8 Å². The van der Waals surface area contributed by atoms with Crippen LogP contribution < -0.4 is 5.32 Å². The number of fused-ring (bicyclic) bond motifs is 1. The van der Waals surface area contributed by atoms with Gasteiger partial charge in [-0.25, -0.2) is 4.98 Å². The Labute approximate surface area is 112 Å². The first-order valence-corrected chi connectivity index (χ1v) is 7.79. The number of aromatic nitrogens is 1. The molecule has 0 radical (unpaired) electrons. The molecule has 1 atom stereocenters. The van der Waals surface area contributed by atoms with Gasteiger partial charge in [0, 0.05) is 12.5 Å². The van der Waals surface area contributed by atoms with E-state index in [9.17, 15) is 0 Å². The van der Waals surface area contributed by atoms with Crippen molar-refractivity contribution >= 4 is 21.6 Å². The Hall–Kier alpha value is -0.930. The van der Waals surface area contributed by atoms with Gasteiger partial charge in [-0.05, 0) is 37.4 Å². The zero-order valence-corrected chi connectivity index (χ0v) is 11.7. The van der Waals surface area contributed by atoms with E-state index >= 15 is 0 Å². The smallest absolute Gasteiger partial charge is 0.0954 e. The number of benzene rings is 1. The van der Waals surface area contributed by atoms with Crippen molar-refractivity contribution in [1.29, 1.82) is 0 Å². The lowest BCUT2D eigenvalue weighted by Gasteiger charge is -2.22. The second-order valence-electron chi connectivity index (χ2n) is 5.08. The summed E-state index contributed by atoms with van der Waals surface area (Å²) in [5.41, 5.74) is 2.61. The first-order valence-electron chi connectivity index (χ1n) is 6.97. The molecule has 3 heteroatoms. The Morgan fingerprint density at radius 3 is 3.11 bits per heavy atom. The van der Waals surface area contributed by atoms with Crippen molar-refractivity contribution in [1.82, 2.24) is 10.3 Å². The highest BCUT2D eigenvalue weighted by Crippen LogP contribution is 2.26. The molecule has 0 bridgehead atoms. The third-order valence-electron chi connectivity index (χ3n) is 3.76. The molecule has 0 amide bonds. The highest BCUT2D eigenvalue weighted by atomic mass is 32.1. The minimum atomic E-state index is 0.643. The fraction of sp³-hybridized carbons (Fsp3) is 0.533. The van der Waals surface area contributed by atoms with Crippen LogP contribution in [0, 0.1) is 0 Å². The maximum absolute atomic E-state index is 4.86. The summed E-state index contributed by atoms with van der Waals surface area (Å²) in [4.78, 5) is 4.86. The zero-order valence-electron chi connectivity index (χ0n) is 10.9. The number of nitrogens with one attached hydrogen (secondary N) is 1. The molecule has 1 unspecified atom stereocenters. The van der Waals surface area contributed by atoms with Crippen LogP contribution in [0.15, 0.2) is 18.2 Å². The molecule has 18 heavy (non-hydrogen) atoms. The molecule has 0 saturated carbocycles. The summed E-state index contributed by atoms with van der Waals surface area (Å²) < 4.78 is 1.35. The molecule has 1 aromatic carbocycles. The summed E-state index contributed by atoms with van der Waals surface area (Å²) in [6.07, 6.45) is 6.17. The second kappa shape index (κ2) is 5.37. The van der Waals surface area contributed by atoms with Crippen LogP contribution >= 0.6 is 11.3 Å². The number of hydrogen-bond donors (Lipinski definition) is 1. The van der Waals surface area contributed by atoms with E-state index in [0.717, 1.165) is 12.8 Å². The van der Waals surface area contributed by atoms with Gasteiger partial charge in [0.25, 0.3) is 0 Å². The summed E-state index contributed by atoms with van der Waals surface area (Å²) >= 11 is 1.87. The van der Waals surface area contributed by atoms with Crippen molar-refractivity contribution < 1.29 is 0 Å². The molecule has 1 aliphatic heterocycles. The van der Waals surface area contributed by atoms with Crippen LogP contribution in [0.25, 0.3) is 10.2 Å². The lowest BCUT2D eigenvalue weighted by atomic mass is 10.0. The summed E-state index contributed by atoms with van der Waals surface area (Å²) in [5, 5.41) is 4.90. The third kappa shape index (κ3) is 2.43. The van der Waals surface area contributed by atoms with E-state index in [4.69, 9.17) is 4.98 Å². The third-order valence-corrected chi connectivity index (χ3v) is 4.80. The van der Waals surface area contributed by atoms with Gasteiger partial charge in [0.2, 0.25) is 0 Å². The first-order chi connectivity index (χ1) is 8.86. The van der Waals surface area contributed by atoms with Crippen LogP contribution in [-0.4, -0.2) is 17.6 Å². The SMILES string of the molecule is CCc1cccc2sc(CC3CCCCN3)nc12. The van der Waals surface area contributed by atoms with Gasteiger partial charge in [0.1, 0.15) is 0 Å². The summed E-state index contributed by atoms with van der Waals surface area (Å²) in [6, 6.07) is 7.20. The van der Waals surface area contributed by atoms with Gasteiger partial charge >= 0.3 is 0 Å². The monoisotopic (exact) mass is 260 g/mol. The van der Waals surface area contributed by atoms with E-state index in [1.54, 1.807) is 0 Å². The van der Waals surface area contributed by atoms with Gasteiger partial charge in [-0.15, -0.1) is 11.3 Å². The molecule has 1 aromatic heterocycles. The van der Waals surface area contributed by atoms with Gasteiger partial charge in [0.05, 0.1) is 15.2 Å². The molecule has 1 saturated heterocycles. The Kier molecular flexibility index (Phi) is 3.62. The number of aryl methyl sites for hydroxylation is 1. The van der Waals surface area contributed by atoms with E-state index in [2.05, 4.69) is 30.4 Å². The Morgan fingerprint density at radius 1 is 1.39 bits per heavy atom. The molecular formula is C15H20N2S. The van der Waals surface area contributed by atoms with Crippen molar-refractivity contribution in [2.75, 3.05) is 6.54 Å². The van der Waals surface area contributed by atoms with Crippen LogP contribution in [0.2, 0.25) is 0 Å². The molecule has 3 rings (SSSR count). The van der Waals surface area contributed by atoms with E-state index < -0.39 is 0 Å². The standard InChI is InChI=1S/C15H20N2S/c1-2-11-6-5-8-13-15(11)17-14(18-13)10-12-7-3-4-9-16-12/h5-6,8,12,16H,2-4,7,9-10H2,1H3. The first kappa shape index (κ1) is 12.1. The summed E-state index contributed by atoms with van der Waals surface area (Å²) in [6.45, 7) is 3.38. The number of thiazole rings is 1. The molecule has 1 N–H and O–H groups in total. The molecule has 1 fully saturated rings. The Balaban J connectivity index is 1.84. The van der Waals surface area contributed by atoms with Gasteiger partial charge < -0.3 is 5.32 Å². The molecule has 0 spiro atoms. The lowest BCUT2D eigenvalue weighted by Crippen LogP contribution is -2.35. The molecular weight excluding hydrogens is 240 g/mol. The highest BCUT2D eigenvalue weighted by molar-refractivity contribution is 7.18. The number of nitrogens with zero attached hydrogens (tertiary/aromatic N) is 1. The minimum Gasteiger partial charge on any atom is -0.314 e. The van der Waals surface area contributed by atoms with Crippen molar-refractivity contribution in [3.63, 3.8) is 0 Å². The minimum absolute atomic E-state index is 0.643. The molecule has 96 valence electrons. The quantitative estimate of drug-likeness (QED) is 0.913. The van der Waals surface area contributed by atoms with Gasteiger partial charge in [0.15, 0.2) is 0 Å². The second-order valence-corrected chi connectivity index (χ2v) is 6.19. The predicted molar refractivity (Wildman–Crippen MR) is 78.3 cm³/mol. The van der Waals surface area contributed by atoms with Crippen molar-refractivity contribution in [2.24, 2.45) is 0 Å². The summed E-state index contributed by atoms with van der Waals surface area (Å²) in [5.74, 6) is 0. The Bertz CT molecular complexity index is 526. The largest absolute Gasteiger partial charge is 0.314 e. The van der Waals surface area contributed by atoms with Gasteiger partial charge in [-0.3, -0.25) is 0 Å². The van der Waals surface area contributed by atoms with E-state index in [1.807, 2.05) is 11.3 Å². The normalized spacial score (nSPS) is 20.4. The van der Waals surface area contributed by atoms with Gasteiger partial charge in [-0.1, -0.05) is 25.5 Å². The van der Waals surface area contributed by atoms with Crippen LogP contribution in [0.3, 0.4) is 0 Å². The lowest BCUT2D eigenvalue weighted by molar-refractivity contribution is 0.399. The number of rotatable bonds is 3. The van der Waals surface area contributed by atoms with Crippen LogP contribution in [0.1, 0.15) is 36.8 Å². The maximum Gasteiger partial charge on any atom is 0.0954 e. The zero-order chi connectivity index (χ0) is 12.4. The number of para-hydroxylation sites is 1. The van der Waals surface area contributed by atoms with E-state index in [0.29, 0.717) is 6.04 Å².